The van der Waals surface area contributed by atoms with Crippen molar-refractivity contribution >= 4 is 53.4 Å². The Balaban J connectivity index is 0.947. The minimum atomic E-state index is -0.499. The van der Waals surface area contributed by atoms with Gasteiger partial charge in [0.1, 0.15) is 11.2 Å². The van der Waals surface area contributed by atoms with Crippen molar-refractivity contribution < 1.29 is 4.42 Å². The zero-order chi connectivity index (χ0) is 45.5. The lowest BCUT2D eigenvalue weighted by atomic mass is 9.67. The average Bonchev–Trinajstić information content (AvgIpc) is 4.09. The number of benzene rings is 10. The summed E-state index contributed by atoms with van der Waals surface area (Å²) in [6.07, 6.45) is 0. The molecule has 3 aromatic heterocycles. The Morgan fingerprint density at radius 1 is 0.319 bits per heavy atom. The summed E-state index contributed by atoms with van der Waals surface area (Å²) in [5.74, 6) is 1.81. The molecule has 0 unspecified atom stereocenters. The zero-order valence-corrected chi connectivity index (χ0v) is 38.0. The minimum Gasteiger partial charge on any atom is -0.456 e. The second-order valence-electron chi connectivity index (χ2n) is 17.8. The summed E-state index contributed by atoms with van der Waals surface area (Å²) < 4.78 is 9.16. The normalized spacial score (nSPS) is 12.8. The summed E-state index contributed by atoms with van der Waals surface area (Å²) >= 11 is 1.80. The van der Waals surface area contributed by atoms with Gasteiger partial charge < -0.3 is 4.42 Å². The fraction of sp³-hybridized carbons (Fsp3) is 0.0156. The van der Waals surface area contributed by atoms with Gasteiger partial charge in [0.15, 0.2) is 17.5 Å². The van der Waals surface area contributed by atoms with E-state index < -0.39 is 5.41 Å². The molecule has 0 atom stereocenters. The predicted octanol–water partition coefficient (Wildman–Crippen LogP) is 16.8. The highest BCUT2D eigenvalue weighted by molar-refractivity contribution is 7.25. The molecule has 14 rings (SSSR count). The first-order chi connectivity index (χ1) is 34.2. The highest BCUT2D eigenvalue weighted by Gasteiger charge is 2.46. The van der Waals surface area contributed by atoms with Gasteiger partial charge in [-0.15, -0.1) is 11.3 Å². The number of thiophene rings is 1. The minimum absolute atomic E-state index is 0.499. The number of nitrogens with zero attached hydrogens (tertiary/aromatic N) is 3. The van der Waals surface area contributed by atoms with Crippen molar-refractivity contribution in [2.24, 2.45) is 0 Å². The first kappa shape index (κ1) is 39.4. The van der Waals surface area contributed by atoms with E-state index in [0.717, 1.165) is 60.9 Å². The van der Waals surface area contributed by atoms with Crippen LogP contribution < -0.4 is 0 Å². The summed E-state index contributed by atoms with van der Waals surface area (Å²) in [5.41, 5.74) is 15.9. The Hall–Kier alpha value is -8.77. The third-order valence-electron chi connectivity index (χ3n) is 14.0. The fourth-order valence-corrected chi connectivity index (χ4v) is 12.0. The molecule has 10 aromatic carbocycles. The number of rotatable bonds is 7. The molecule has 5 heteroatoms. The van der Waals surface area contributed by atoms with Crippen LogP contribution in [0.4, 0.5) is 0 Å². The standard InChI is InChI=1S/C64H39N3OS/c1-4-15-40(16-5-1)41-27-29-42(30-28-41)61-65-62(45-33-36-59-52(38-45)50-22-11-13-26-58(50)69-59)67-63(66-61)51-23-14-25-57-60(51)53-37-43(32-35-56(53)68-57)44-31-34-49-48-21-10-12-24-54(48)64(55(49)39-44,46-17-6-2-7-18-46)47-19-8-3-9-20-47/h1-39H. The predicted molar refractivity (Wildman–Crippen MR) is 284 cm³/mol. The van der Waals surface area contributed by atoms with Gasteiger partial charge in [-0.05, 0) is 104 Å². The van der Waals surface area contributed by atoms with Crippen molar-refractivity contribution in [1.82, 2.24) is 15.0 Å². The average molecular weight is 898 g/mol. The Bertz CT molecular complexity index is 4080. The van der Waals surface area contributed by atoms with Crippen LogP contribution >= 0.6 is 11.3 Å². The van der Waals surface area contributed by atoms with Crippen LogP contribution in [-0.2, 0) is 5.41 Å². The molecule has 0 saturated carbocycles. The van der Waals surface area contributed by atoms with E-state index in [1.807, 2.05) is 18.2 Å². The third-order valence-corrected chi connectivity index (χ3v) is 15.2. The SMILES string of the molecule is c1ccc(-c2ccc(-c3nc(-c4ccc5sc6ccccc6c5c4)nc(-c4cccc5oc6ccc(-c7ccc8c(c7)C(c7ccccc7)(c7ccccc7)c7ccccc7-8)cc6c45)n3)cc2)cc1. The molecular formula is C64H39N3OS. The molecule has 322 valence electrons. The van der Waals surface area contributed by atoms with Gasteiger partial charge in [0, 0.05) is 47.6 Å². The van der Waals surface area contributed by atoms with Crippen molar-refractivity contribution in [3.8, 4) is 67.5 Å². The Kier molecular flexibility index (Phi) is 8.95. The largest absolute Gasteiger partial charge is 0.456 e. The highest BCUT2D eigenvalue weighted by atomic mass is 32.1. The van der Waals surface area contributed by atoms with Gasteiger partial charge in [0.05, 0.1) is 5.41 Å². The van der Waals surface area contributed by atoms with Crippen LogP contribution in [-0.4, -0.2) is 15.0 Å². The van der Waals surface area contributed by atoms with E-state index in [9.17, 15) is 0 Å². The molecule has 4 nitrogen and oxygen atoms in total. The molecule has 69 heavy (non-hydrogen) atoms. The highest BCUT2D eigenvalue weighted by Crippen LogP contribution is 2.57. The Morgan fingerprint density at radius 2 is 0.870 bits per heavy atom. The monoisotopic (exact) mass is 897 g/mol. The number of fused-ring (bicyclic) bond motifs is 9. The van der Waals surface area contributed by atoms with Gasteiger partial charge in [-0.2, -0.15) is 0 Å². The van der Waals surface area contributed by atoms with Crippen LogP contribution in [0.5, 0.6) is 0 Å². The van der Waals surface area contributed by atoms with Crippen LogP contribution in [0.15, 0.2) is 241 Å². The molecule has 0 N–H and O–H groups in total. The number of aromatic nitrogens is 3. The van der Waals surface area contributed by atoms with E-state index in [1.165, 1.54) is 53.6 Å². The van der Waals surface area contributed by atoms with Gasteiger partial charge in [0.25, 0.3) is 0 Å². The number of hydrogen-bond donors (Lipinski definition) is 0. The van der Waals surface area contributed by atoms with Crippen molar-refractivity contribution in [3.63, 3.8) is 0 Å². The van der Waals surface area contributed by atoms with E-state index in [1.54, 1.807) is 11.3 Å². The third kappa shape index (κ3) is 6.25. The van der Waals surface area contributed by atoms with E-state index in [2.05, 4.69) is 218 Å². The van der Waals surface area contributed by atoms with Crippen LogP contribution in [0.25, 0.3) is 110 Å². The first-order valence-corrected chi connectivity index (χ1v) is 24.1. The number of hydrogen-bond acceptors (Lipinski definition) is 5. The topological polar surface area (TPSA) is 51.8 Å². The molecule has 0 bridgehead atoms. The quantitative estimate of drug-likeness (QED) is 0.160. The number of furan rings is 1. The summed E-state index contributed by atoms with van der Waals surface area (Å²) in [5, 5.41) is 4.39. The van der Waals surface area contributed by atoms with Gasteiger partial charge in [-0.1, -0.05) is 188 Å². The first-order valence-electron chi connectivity index (χ1n) is 23.3. The van der Waals surface area contributed by atoms with Gasteiger partial charge in [0.2, 0.25) is 0 Å². The smallest absolute Gasteiger partial charge is 0.164 e. The lowest BCUT2D eigenvalue weighted by Gasteiger charge is -2.34. The zero-order valence-electron chi connectivity index (χ0n) is 37.2. The molecule has 1 aliphatic rings. The maximum absolute atomic E-state index is 6.67. The molecule has 0 saturated heterocycles. The maximum atomic E-state index is 6.67. The van der Waals surface area contributed by atoms with Gasteiger partial charge in [-0.25, -0.2) is 15.0 Å². The molecular weight excluding hydrogens is 859 g/mol. The van der Waals surface area contributed by atoms with Crippen LogP contribution in [0.2, 0.25) is 0 Å². The molecule has 13 aromatic rings. The second kappa shape index (κ2) is 15.7. The molecule has 0 spiro atoms. The van der Waals surface area contributed by atoms with E-state index in [4.69, 9.17) is 19.4 Å². The maximum Gasteiger partial charge on any atom is 0.164 e. The summed E-state index contributed by atoms with van der Waals surface area (Å²) in [6.45, 7) is 0. The Labute approximate surface area is 402 Å². The van der Waals surface area contributed by atoms with Crippen molar-refractivity contribution in [3.05, 3.63) is 259 Å². The molecule has 0 amide bonds. The lowest BCUT2D eigenvalue weighted by Crippen LogP contribution is -2.28. The van der Waals surface area contributed by atoms with E-state index >= 15 is 0 Å². The van der Waals surface area contributed by atoms with Gasteiger partial charge in [-0.3, -0.25) is 0 Å². The van der Waals surface area contributed by atoms with E-state index in [0.29, 0.717) is 17.5 Å². The summed E-state index contributed by atoms with van der Waals surface area (Å²) in [7, 11) is 0. The molecule has 0 fully saturated rings. The van der Waals surface area contributed by atoms with Crippen molar-refractivity contribution in [2.75, 3.05) is 0 Å². The van der Waals surface area contributed by atoms with Crippen molar-refractivity contribution in [1.29, 1.82) is 0 Å². The van der Waals surface area contributed by atoms with Crippen LogP contribution in [0.1, 0.15) is 22.3 Å². The van der Waals surface area contributed by atoms with Crippen molar-refractivity contribution in [2.45, 2.75) is 5.41 Å². The van der Waals surface area contributed by atoms with Gasteiger partial charge >= 0.3 is 0 Å². The lowest BCUT2D eigenvalue weighted by molar-refractivity contribution is 0.669. The molecule has 1 aliphatic carbocycles. The van der Waals surface area contributed by atoms with Crippen LogP contribution in [0, 0.1) is 0 Å². The van der Waals surface area contributed by atoms with Crippen LogP contribution in [0.3, 0.4) is 0 Å². The molecule has 3 heterocycles. The summed E-state index contributed by atoms with van der Waals surface area (Å²) in [4.78, 5) is 15.8. The second-order valence-corrected chi connectivity index (χ2v) is 18.9. The Morgan fingerprint density at radius 3 is 1.67 bits per heavy atom. The summed E-state index contributed by atoms with van der Waals surface area (Å²) in [6, 6.07) is 84.7. The molecule has 0 aliphatic heterocycles. The van der Waals surface area contributed by atoms with E-state index in [-0.39, 0.29) is 0 Å². The molecule has 0 radical (unpaired) electrons. The fourth-order valence-electron chi connectivity index (χ4n) is 10.9.